The van der Waals surface area contributed by atoms with Crippen LogP contribution < -0.4 is 5.06 Å². The van der Waals surface area contributed by atoms with E-state index >= 15 is 0 Å². The maximum Gasteiger partial charge on any atom is 0.256 e. The number of hydrogen-bond acceptors (Lipinski definition) is 3. The summed E-state index contributed by atoms with van der Waals surface area (Å²) in [6, 6.07) is 16.4. The fraction of sp³-hybridized carbons (Fsp3) is 0.333. The molecule has 4 nitrogen and oxygen atoms in total. The minimum absolute atomic E-state index is 0.167. The third-order valence-corrected chi connectivity index (χ3v) is 4.67. The molecule has 0 aliphatic carbocycles. The number of pyridine rings is 1. The van der Waals surface area contributed by atoms with E-state index in [4.69, 9.17) is 4.84 Å². The molecule has 0 bridgehead atoms. The smallest absolute Gasteiger partial charge is 0.256 e. The maximum absolute atomic E-state index is 14.0. The molecule has 1 aromatic heterocycles. The SMILES string of the molecule is CC(C)CON(C(=O)C(C)(C)Cc1ccccc1)c1cnc2c(F)cccc2c1. The topological polar surface area (TPSA) is 42.4 Å². The Kier molecular flexibility index (Phi) is 6.28. The highest BCUT2D eigenvalue weighted by atomic mass is 19.1. The number of carbonyl (C=O) groups excluding carboxylic acids is 1. The van der Waals surface area contributed by atoms with Crippen LogP contribution in [0.2, 0.25) is 0 Å². The molecule has 3 rings (SSSR count). The van der Waals surface area contributed by atoms with Crippen molar-refractivity contribution in [2.45, 2.75) is 34.1 Å². The monoisotopic (exact) mass is 394 g/mol. The Balaban J connectivity index is 1.94. The van der Waals surface area contributed by atoms with Gasteiger partial charge in [-0.3, -0.25) is 14.6 Å². The molecule has 2 aromatic carbocycles. The lowest BCUT2D eigenvalue weighted by molar-refractivity contribution is -0.134. The Morgan fingerprint density at radius 2 is 1.86 bits per heavy atom. The fourth-order valence-electron chi connectivity index (χ4n) is 3.15. The van der Waals surface area contributed by atoms with Gasteiger partial charge in [-0.05, 0) is 30.0 Å². The van der Waals surface area contributed by atoms with Crippen molar-refractivity contribution in [2.75, 3.05) is 11.7 Å². The molecule has 0 aliphatic rings. The first-order chi connectivity index (χ1) is 13.8. The lowest BCUT2D eigenvalue weighted by Gasteiger charge is -2.31. The Morgan fingerprint density at radius 1 is 1.14 bits per heavy atom. The molecule has 152 valence electrons. The van der Waals surface area contributed by atoms with Crippen LogP contribution in [-0.2, 0) is 16.1 Å². The molecule has 0 spiro atoms. The summed E-state index contributed by atoms with van der Waals surface area (Å²) in [7, 11) is 0. The van der Waals surface area contributed by atoms with Gasteiger partial charge in [0.05, 0.1) is 23.9 Å². The van der Waals surface area contributed by atoms with E-state index in [0.717, 1.165) is 5.56 Å². The van der Waals surface area contributed by atoms with Crippen LogP contribution in [0.25, 0.3) is 10.9 Å². The molecule has 0 atom stereocenters. The number of hydrogen-bond donors (Lipinski definition) is 0. The van der Waals surface area contributed by atoms with E-state index in [1.807, 2.05) is 58.0 Å². The highest BCUT2D eigenvalue weighted by Crippen LogP contribution is 2.30. The summed E-state index contributed by atoms with van der Waals surface area (Å²) >= 11 is 0. The van der Waals surface area contributed by atoms with Gasteiger partial charge in [0, 0.05) is 5.39 Å². The van der Waals surface area contributed by atoms with E-state index in [1.165, 1.54) is 17.3 Å². The van der Waals surface area contributed by atoms with Crippen LogP contribution in [0.15, 0.2) is 60.8 Å². The predicted octanol–water partition coefficient (Wildman–Crippen LogP) is 5.56. The number of benzene rings is 2. The van der Waals surface area contributed by atoms with Gasteiger partial charge in [0.25, 0.3) is 5.91 Å². The number of rotatable bonds is 7. The quantitative estimate of drug-likeness (QED) is 0.493. The van der Waals surface area contributed by atoms with Gasteiger partial charge in [-0.15, -0.1) is 0 Å². The molecule has 29 heavy (non-hydrogen) atoms. The molecule has 1 amide bonds. The third kappa shape index (κ3) is 4.98. The highest BCUT2D eigenvalue weighted by molar-refractivity contribution is 5.97. The van der Waals surface area contributed by atoms with Crippen molar-refractivity contribution in [2.24, 2.45) is 11.3 Å². The summed E-state index contributed by atoms with van der Waals surface area (Å²) in [4.78, 5) is 23.6. The molecule has 0 radical (unpaired) electrons. The summed E-state index contributed by atoms with van der Waals surface area (Å²) in [5, 5.41) is 1.94. The maximum atomic E-state index is 14.0. The van der Waals surface area contributed by atoms with E-state index in [1.54, 1.807) is 18.2 Å². The zero-order valence-electron chi connectivity index (χ0n) is 17.4. The second-order valence-corrected chi connectivity index (χ2v) is 8.34. The van der Waals surface area contributed by atoms with Gasteiger partial charge in [0.1, 0.15) is 11.3 Å². The van der Waals surface area contributed by atoms with E-state index in [2.05, 4.69) is 4.98 Å². The first-order valence-corrected chi connectivity index (χ1v) is 9.83. The summed E-state index contributed by atoms with van der Waals surface area (Å²) in [5.41, 5.74) is 1.15. The first-order valence-electron chi connectivity index (χ1n) is 9.83. The van der Waals surface area contributed by atoms with Crippen LogP contribution in [0.4, 0.5) is 10.1 Å². The van der Waals surface area contributed by atoms with Gasteiger partial charge in [-0.1, -0.05) is 70.2 Å². The molecule has 1 heterocycles. The summed E-state index contributed by atoms with van der Waals surface area (Å²) < 4.78 is 14.0. The second kappa shape index (κ2) is 8.70. The number of hydroxylamine groups is 1. The molecule has 0 saturated heterocycles. The van der Waals surface area contributed by atoms with Gasteiger partial charge >= 0.3 is 0 Å². The highest BCUT2D eigenvalue weighted by Gasteiger charge is 2.34. The molecular weight excluding hydrogens is 367 g/mol. The molecule has 0 saturated carbocycles. The Labute approximate surface area is 171 Å². The van der Waals surface area contributed by atoms with Gasteiger partial charge < -0.3 is 0 Å². The number of amides is 1. The van der Waals surface area contributed by atoms with Crippen molar-refractivity contribution >= 4 is 22.5 Å². The van der Waals surface area contributed by atoms with Crippen molar-refractivity contribution in [1.82, 2.24) is 4.98 Å². The lowest BCUT2D eigenvalue weighted by Crippen LogP contribution is -2.43. The Hall–Kier alpha value is -2.79. The van der Waals surface area contributed by atoms with Crippen LogP contribution in [0.5, 0.6) is 0 Å². The van der Waals surface area contributed by atoms with Crippen LogP contribution in [0, 0.1) is 17.2 Å². The standard InChI is InChI=1S/C24H27FN2O2/c1-17(2)16-29-27(20-13-19-11-8-12-21(25)22(19)26-15-20)23(28)24(3,4)14-18-9-6-5-7-10-18/h5-13,15,17H,14,16H2,1-4H3. The zero-order valence-corrected chi connectivity index (χ0v) is 17.4. The number of fused-ring (bicyclic) bond motifs is 1. The minimum Gasteiger partial charge on any atom is -0.272 e. The normalized spacial score (nSPS) is 11.8. The van der Waals surface area contributed by atoms with E-state index in [0.29, 0.717) is 24.1 Å². The van der Waals surface area contributed by atoms with E-state index < -0.39 is 5.41 Å². The average molecular weight is 394 g/mol. The van der Waals surface area contributed by atoms with Crippen LogP contribution in [0.1, 0.15) is 33.3 Å². The number of aromatic nitrogens is 1. The van der Waals surface area contributed by atoms with Crippen molar-refractivity contribution in [3.05, 3.63) is 72.2 Å². The second-order valence-electron chi connectivity index (χ2n) is 8.34. The van der Waals surface area contributed by atoms with Crippen molar-refractivity contribution in [3.8, 4) is 0 Å². The van der Waals surface area contributed by atoms with Gasteiger partial charge in [-0.2, -0.15) is 5.06 Å². The van der Waals surface area contributed by atoms with Gasteiger partial charge in [0.15, 0.2) is 0 Å². The molecular formula is C24H27FN2O2. The average Bonchev–Trinajstić information content (AvgIpc) is 2.68. The predicted molar refractivity (Wildman–Crippen MR) is 114 cm³/mol. The van der Waals surface area contributed by atoms with Crippen LogP contribution in [0.3, 0.4) is 0 Å². The van der Waals surface area contributed by atoms with Gasteiger partial charge in [0.2, 0.25) is 0 Å². The first kappa shape index (κ1) is 20.9. The Bertz CT molecular complexity index is 987. The van der Waals surface area contributed by atoms with Gasteiger partial charge in [-0.25, -0.2) is 4.39 Å². The molecule has 0 aliphatic heterocycles. The summed E-state index contributed by atoms with van der Waals surface area (Å²) in [5.74, 6) is -0.313. The van der Waals surface area contributed by atoms with Crippen LogP contribution in [-0.4, -0.2) is 17.5 Å². The lowest BCUT2D eigenvalue weighted by atomic mass is 9.84. The number of carbonyl (C=O) groups is 1. The van der Waals surface area contributed by atoms with Crippen LogP contribution >= 0.6 is 0 Å². The fourth-order valence-corrected chi connectivity index (χ4v) is 3.15. The van der Waals surface area contributed by atoms with E-state index in [-0.39, 0.29) is 23.2 Å². The number of halogens is 1. The largest absolute Gasteiger partial charge is 0.272 e. The molecule has 0 fully saturated rings. The van der Waals surface area contributed by atoms with Crippen molar-refractivity contribution in [1.29, 1.82) is 0 Å². The summed E-state index contributed by atoms with van der Waals surface area (Å²) in [6.07, 6.45) is 2.06. The molecule has 5 heteroatoms. The molecule has 3 aromatic rings. The third-order valence-electron chi connectivity index (χ3n) is 4.67. The molecule has 0 N–H and O–H groups in total. The minimum atomic E-state index is -0.699. The van der Waals surface area contributed by atoms with Crippen molar-refractivity contribution in [3.63, 3.8) is 0 Å². The summed E-state index contributed by atoms with van der Waals surface area (Å²) in [6.45, 7) is 8.23. The number of nitrogens with zero attached hydrogens (tertiary/aromatic N) is 2. The van der Waals surface area contributed by atoms with Crippen molar-refractivity contribution < 1.29 is 14.0 Å². The number of anilines is 1. The Morgan fingerprint density at radius 3 is 2.55 bits per heavy atom. The zero-order chi connectivity index (χ0) is 21.0. The van der Waals surface area contributed by atoms with E-state index in [9.17, 15) is 9.18 Å². The number of para-hydroxylation sites is 1. The molecule has 0 unspecified atom stereocenters.